The van der Waals surface area contributed by atoms with Crippen LogP contribution in [0.25, 0.3) is 0 Å². The first-order chi connectivity index (χ1) is 15.2. The Bertz CT molecular complexity index is 1080. The van der Waals surface area contributed by atoms with E-state index in [2.05, 4.69) is 5.32 Å². The maximum Gasteiger partial charge on any atom is 0.338 e. The summed E-state index contributed by atoms with van der Waals surface area (Å²) in [7, 11) is -2.13. The molecule has 0 heterocycles. The van der Waals surface area contributed by atoms with Crippen molar-refractivity contribution < 1.29 is 31.5 Å². The molecule has 2 aromatic carbocycles. The van der Waals surface area contributed by atoms with E-state index in [0.29, 0.717) is 6.07 Å². The normalized spacial score (nSPS) is 14.9. The molecule has 1 N–H and O–H groups in total. The minimum absolute atomic E-state index is 0.0390. The molecule has 0 spiro atoms. The minimum atomic E-state index is -3.69. The fourth-order valence-corrected chi connectivity index (χ4v) is 4.98. The van der Waals surface area contributed by atoms with Crippen LogP contribution >= 0.6 is 0 Å². The van der Waals surface area contributed by atoms with Gasteiger partial charge in [-0.05, 0) is 49.2 Å². The van der Waals surface area contributed by atoms with Crippen LogP contribution in [0, 0.1) is 11.6 Å². The van der Waals surface area contributed by atoms with Crippen LogP contribution in [0.1, 0.15) is 42.5 Å². The lowest BCUT2D eigenvalue weighted by Crippen LogP contribution is -2.38. The predicted molar refractivity (Wildman–Crippen MR) is 114 cm³/mol. The number of esters is 1. The Hall–Kier alpha value is -2.85. The maximum absolute atomic E-state index is 13.6. The van der Waals surface area contributed by atoms with E-state index in [1.807, 2.05) is 0 Å². The Morgan fingerprint density at radius 3 is 2.34 bits per heavy atom. The first-order valence-corrected chi connectivity index (χ1v) is 11.6. The minimum Gasteiger partial charge on any atom is -0.452 e. The van der Waals surface area contributed by atoms with Crippen molar-refractivity contribution in [1.82, 2.24) is 4.31 Å². The molecule has 0 radical (unpaired) electrons. The number of hydrogen-bond donors (Lipinski definition) is 1. The van der Waals surface area contributed by atoms with Crippen molar-refractivity contribution in [3.05, 3.63) is 59.7 Å². The molecule has 7 nitrogen and oxygen atoms in total. The van der Waals surface area contributed by atoms with Crippen LogP contribution in [0.4, 0.5) is 14.5 Å². The van der Waals surface area contributed by atoms with Crippen molar-refractivity contribution in [3.8, 4) is 0 Å². The summed E-state index contributed by atoms with van der Waals surface area (Å²) in [6, 6.07) is 7.85. The second-order valence-corrected chi connectivity index (χ2v) is 9.58. The smallest absolute Gasteiger partial charge is 0.338 e. The van der Waals surface area contributed by atoms with E-state index in [-0.39, 0.29) is 22.2 Å². The Morgan fingerprint density at radius 1 is 1.06 bits per heavy atom. The Labute approximate surface area is 185 Å². The molecular formula is C22H24F2N2O5S. The number of nitrogens with zero attached hydrogens (tertiary/aromatic N) is 1. The second-order valence-electron chi connectivity index (χ2n) is 7.59. The number of carbonyl (C=O) groups is 2. The van der Waals surface area contributed by atoms with E-state index in [0.717, 1.165) is 44.2 Å². The molecule has 172 valence electrons. The third-order valence-electron chi connectivity index (χ3n) is 5.40. The molecule has 0 aromatic heterocycles. The number of halogens is 2. The summed E-state index contributed by atoms with van der Waals surface area (Å²) < 4.78 is 58.5. The monoisotopic (exact) mass is 466 g/mol. The van der Waals surface area contributed by atoms with Gasteiger partial charge in [0.25, 0.3) is 5.91 Å². The second kappa shape index (κ2) is 10.2. The number of sulfonamides is 1. The molecule has 3 rings (SSSR count). The molecule has 1 aliphatic rings. The van der Waals surface area contributed by atoms with E-state index in [1.165, 1.54) is 28.6 Å². The molecule has 0 bridgehead atoms. The highest BCUT2D eigenvalue weighted by molar-refractivity contribution is 7.89. The van der Waals surface area contributed by atoms with Crippen LogP contribution < -0.4 is 5.32 Å². The number of anilines is 1. The quantitative estimate of drug-likeness (QED) is 0.628. The van der Waals surface area contributed by atoms with Gasteiger partial charge >= 0.3 is 5.97 Å². The topological polar surface area (TPSA) is 92.8 Å². The highest BCUT2D eigenvalue weighted by atomic mass is 32.2. The summed E-state index contributed by atoms with van der Waals surface area (Å²) in [4.78, 5) is 24.1. The van der Waals surface area contributed by atoms with Crippen molar-refractivity contribution in [2.75, 3.05) is 19.0 Å². The molecular weight excluding hydrogens is 442 g/mol. The van der Waals surface area contributed by atoms with Crippen molar-refractivity contribution in [3.63, 3.8) is 0 Å². The van der Waals surface area contributed by atoms with Crippen molar-refractivity contribution >= 4 is 27.6 Å². The zero-order valence-corrected chi connectivity index (χ0v) is 18.3. The predicted octanol–water partition coefficient (Wildman–Crippen LogP) is 3.71. The molecule has 1 amide bonds. The fraction of sp³-hybridized carbons (Fsp3) is 0.364. The van der Waals surface area contributed by atoms with Gasteiger partial charge in [0.05, 0.1) is 16.1 Å². The average molecular weight is 467 g/mol. The van der Waals surface area contributed by atoms with Crippen LogP contribution in [0.2, 0.25) is 0 Å². The fourth-order valence-electron chi connectivity index (χ4n) is 3.56. The third kappa shape index (κ3) is 5.68. The summed E-state index contributed by atoms with van der Waals surface area (Å²) >= 11 is 0. The zero-order valence-electron chi connectivity index (χ0n) is 17.5. The molecule has 1 aliphatic carbocycles. The molecule has 0 aliphatic heterocycles. The van der Waals surface area contributed by atoms with Gasteiger partial charge in [-0.3, -0.25) is 4.79 Å². The van der Waals surface area contributed by atoms with E-state index in [9.17, 15) is 26.8 Å². The van der Waals surface area contributed by atoms with Crippen LogP contribution in [-0.2, 0) is 19.6 Å². The Balaban J connectivity index is 1.58. The standard InChI is InChI=1S/C22H24F2N2O5S/c1-26(17-5-3-2-4-6-17)32(29,30)18-10-7-15(8-11-18)22(28)31-14-21(27)25-20-12-9-16(23)13-19(20)24/h7-13,17H,2-6,14H2,1H3,(H,25,27). The van der Waals surface area contributed by atoms with Gasteiger partial charge in [0.15, 0.2) is 6.61 Å². The summed E-state index contributed by atoms with van der Waals surface area (Å²) in [5.41, 5.74) is -0.186. The van der Waals surface area contributed by atoms with E-state index < -0.39 is 40.1 Å². The number of nitrogens with one attached hydrogen (secondary N) is 1. The van der Waals surface area contributed by atoms with Gasteiger partial charge in [-0.15, -0.1) is 0 Å². The molecule has 0 unspecified atom stereocenters. The van der Waals surface area contributed by atoms with Crippen LogP contribution in [-0.4, -0.2) is 44.3 Å². The number of carbonyl (C=O) groups excluding carboxylic acids is 2. The average Bonchev–Trinajstić information content (AvgIpc) is 2.79. The van der Waals surface area contributed by atoms with Gasteiger partial charge in [0.1, 0.15) is 11.6 Å². The van der Waals surface area contributed by atoms with E-state index in [1.54, 1.807) is 7.05 Å². The molecule has 0 saturated heterocycles. The summed E-state index contributed by atoms with van der Waals surface area (Å²) in [5.74, 6) is -3.40. The van der Waals surface area contributed by atoms with Crippen LogP contribution in [0.15, 0.2) is 47.4 Å². The lowest BCUT2D eigenvalue weighted by molar-refractivity contribution is -0.119. The van der Waals surface area contributed by atoms with Crippen molar-refractivity contribution in [2.45, 2.75) is 43.0 Å². The molecule has 32 heavy (non-hydrogen) atoms. The Kier molecular flexibility index (Phi) is 7.57. The Morgan fingerprint density at radius 2 is 1.72 bits per heavy atom. The highest BCUT2D eigenvalue weighted by Crippen LogP contribution is 2.26. The van der Waals surface area contributed by atoms with E-state index in [4.69, 9.17) is 4.74 Å². The summed E-state index contributed by atoms with van der Waals surface area (Å²) in [6.45, 7) is -0.694. The number of benzene rings is 2. The molecule has 1 fully saturated rings. The van der Waals surface area contributed by atoms with Crippen LogP contribution in [0.5, 0.6) is 0 Å². The lowest BCUT2D eigenvalue weighted by atomic mass is 9.96. The lowest BCUT2D eigenvalue weighted by Gasteiger charge is -2.30. The highest BCUT2D eigenvalue weighted by Gasteiger charge is 2.29. The SMILES string of the molecule is CN(C1CCCCC1)S(=O)(=O)c1ccc(C(=O)OCC(=O)Nc2ccc(F)cc2F)cc1. The molecule has 0 atom stereocenters. The van der Waals surface area contributed by atoms with Crippen molar-refractivity contribution in [1.29, 1.82) is 0 Å². The molecule has 10 heteroatoms. The number of rotatable bonds is 7. The zero-order chi connectivity index (χ0) is 23.3. The number of amides is 1. The van der Waals surface area contributed by atoms with E-state index >= 15 is 0 Å². The van der Waals surface area contributed by atoms with Gasteiger partial charge in [-0.2, -0.15) is 4.31 Å². The van der Waals surface area contributed by atoms with Gasteiger partial charge in [-0.25, -0.2) is 22.0 Å². The number of hydrogen-bond acceptors (Lipinski definition) is 5. The third-order valence-corrected chi connectivity index (χ3v) is 7.32. The molecule has 1 saturated carbocycles. The summed E-state index contributed by atoms with van der Waals surface area (Å²) in [6.07, 6.45) is 4.75. The molecule has 2 aromatic rings. The summed E-state index contributed by atoms with van der Waals surface area (Å²) in [5, 5.41) is 2.17. The van der Waals surface area contributed by atoms with Gasteiger partial charge < -0.3 is 10.1 Å². The largest absolute Gasteiger partial charge is 0.452 e. The van der Waals surface area contributed by atoms with Gasteiger partial charge in [0, 0.05) is 19.2 Å². The number of ether oxygens (including phenoxy) is 1. The van der Waals surface area contributed by atoms with Gasteiger partial charge in [0.2, 0.25) is 10.0 Å². The maximum atomic E-state index is 13.6. The van der Waals surface area contributed by atoms with Crippen LogP contribution in [0.3, 0.4) is 0 Å². The van der Waals surface area contributed by atoms with Crippen molar-refractivity contribution in [2.24, 2.45) is 0 Å². The first kappa shape index (κ1) is 23.8. The first-order valence-electron chi connectivity index (χ1n) is 10.2. The van der Waals surface area contributed by atoms with Gasteiger partial charge in [-0.1, -0.05) is 19.3 Å².